The lowest BCUT2D eigenvalue weighted by molar-refractivity contribution is -0.384. The fourth-order valence-electron chi connectivity index (χ4n) is 4.28. The van der Waals surface area contributed by atoms with Crippen molar-refractivity contribution < 1.29 is 23.9 Å². The van der Waals surface area contributed by atoms with E-state index in [2.05, 4.69) is 6.07 Å². The highest BCUT2D eigenvalue weighted by molar-refractivity contribution is 5.91. The van der Waals surface area contributed by atoms with Gasteiger partial charge in [-0.3, -0.25) is 10.1 Å². The zero-order valence-corrected chi connectivity index (χ0v) is 20.4. The van der Waals surface area contributed by atoms with Gasteiger partial charge in [0.2, 0.25) is 5.88 Å². The van der Waals surface area contributed by atoms with Crippen LogP contribution < -0.4 is 19.9 Å². The zero-order chi connectivity index (χ0) is 27.4. The molecule has 1 aliphatic rings. The first-order valence-electron chi connectivity index (χ1n) is 11.9. The molecule has 5 rings (SSSR count). The van der Waals surface area contributed by atoms with Crippen LogP contribution in [0.5, 0.6) is 17.2 Å². The topological polar surface area (TPSA) is 138 Å². The van der Waals surface area contributed by atoms with Gasteiger partial charge in [0, 0.05) is 23.8 Å². The van der Waals surface area contributed by atoms with Gasteiger partial charge in [0.05, 0.1) is 16.4 Å². The standard InChI is InChI=1S/C30H21N3O6/c31-17-26-28(20-8-5-11-23(15-20)37-18-19-6-2-1-3-7-19)25-13-12-24(16-27(25)39-29(26)32)38-30(34)21-9-4-10-22(14-21)33(35)36/h1-16,28H,18,32H2. The number of fused-ring (bicyclic) bond motifs is 1. The van der Waals surface area contributed by atoms with Crippen molar-refractivity contribution in [2.24, 2.45) is 5.73 Å². The quantitative estimate of drug-likeness (QED) is 0.144. The van der Waals surface area contributed by atoms with Gasteiger partial charge in [0.1, 0.15) is 35.5 Å². The molecule has 1 aliphatic heterocycles. The summed E-state index contributed by atoms with van der Waals surface area (Å²) in [5, 5.41) is 20.9. The minimum absolute atomic E-state index is 0.0270. The summed E-state index contributed by atoms with van der Waals surface area (Å²) >= 11 is 0. The van der Waals surface area contributed by atoms with Gasteiger partial charge in [-0.25, -0.2) is 4.79 Å². The highest BCUT2D eigenvalue weighted by Crippen LogP contribution is 2.44. The average molecular weight is 520 g/mol. The number of hydrogen-bond donors (Lipinski definition) is 1. The monoisotopic (exact) mass is 519 g/mol. The van der Waals surface area contributed by atoms with Crippen molar-refractivity contribution >= 4 is 11.7 Å². The molecule has 9 heteroatoms. The van der Waals surface area contributed by atoms with Crippen LogP contribution in [0.25, 0.3) is 0 Å². The molecule has 9 nitrogen and oxygen atoms in total. The fraction of sp³-hybridized carbons (Fsp3) is 0.0667. The number of nitrogens with zero attached hydrogens (tertiary/aromatic N) is 2. The summed E-state index contributed by atoms with van der Waals surface area (Å²) < 4.78 is 17.1. The van der Waals surface area contributed by atoms with E-state index < -0.39 is 16.8 Å². The number of benzene rings is 4. The Morgan fingerprint density at radius 2 is 1.77 bits per heavy atom. The molecule has 0 amide bonds. The number of carbonyl (C=O) groups is 1. The van der Waals surface area contributed by atoms with Crippen LogP contribution in [0.4, 0.5) is 5.69 Å². The molecular weight excluding hydrogens is 498 g/mol. The van der Waals surface area contributed by atoms with E-state index in [-0.39, 0.29) is 28.5 Å². The molecule has 0 aliphatic carbocycles. The number of carbonyl (C=O) groups excluding carboxylic acids is 1. The lowest BCUT2D eigenvalue weighted by atomic mass is 9.83. The van der Waals surface area contributed by atoms with E-state index in [0.717, 1.165) is 17.2 Å². The molecule has 0 saturated carbocycles. The molecule has 0 aromatic heterocycles. The molecular formula is C30H21N3O6. The SMILES string of the molecule is N#CC1=C(N)Oc2cc(OC(=O)c3cccc([N+](=O)[O-])c3)ccc2C1c1cccc(OCc2ccccc2)c1. The molecule has 192 valence electrons. The summed E-state index contributed by atoms with van der Waals surface area (Å²) in [5.41, 5.74) is 8.61. The Hall–Kier alpha value is -5.62. The average Bonchev–Trinajstić information content (AvgIpc) is 2.96. The van der Waals surface area contributed by atoms with Crippen LogP contribution in [0.1, 0.15) is 33.0 Å². The van der Waals surface area contributed by atoms with Crippen molar-refractivity contribution in [1.82, 2.24) is 0 Å². The summed E-state index contributed by atoms with van der Waals surface area (Å²) in [6, 6.07) is 29.3. The highest BCUT2D eigenvalue weighted by atomic mass is 16.6. The first-order chi connectivity index (χ1) is 18.9. The van der Waals surface area contributed by atoms with E-state index in [9.17, 15) is 20.2 Å². The Morgan fingerprint density at radius 3 is 2.54 bits per heavy atom. The van der Waals surface area contributed by atoms with Gasteiger partial charge in [0.15, 0.2) is 0 Å². The lowest BCUT2D eigenvalue weighted by Gasteiger charge is -2.27. The normalized spacial score (nSPS) is 14.0. The van der Waals surface area contributed by atoms with Crippen LogP contribution in [-0.2, 0) is 6.61 Å². The summed E-state index contributed by atoms with van der Waals surface area (Å²) in [6.45, 7) is 0.386. The van der Waals surface area contributed by atoms with E-state index >= 15 is 0 Å². The van der Waals surface area contributed by atoms with Gasteiger partial charge in [-0.1, -0.05) is 54.6 Å². The Kier molecular flexibility index (Phi) is 6.92. The Labute approximate surface area is 223 Å². The first-order valence-corrected chi connectivity index (χ1v) is 11.9. The largest absolute Gasteiger partial charge is 0.489 e. The second kappa shape index (κ2) is 10.8. The van der Waals surface area contributed by atoms with Crippen molar-refractivity contribution in [2.45, 2.75) is 12.5 Å². The number of hydrogen-bond acceptors (Lipinski definition) is 8. The molecule has 39 heavy (non-hydrogen) atoms. The Morgan fingerprint density at radius 1 is 0.974 bits per heavy atom. The number of rotatable bonds is 7. The van der Waals surface area contributed by atoms with E-state index in [1.54, 1.807) is 12.1 Å². The minimum atomic E-state index is -0.768. The summed E-state index contributed by atoms with van der Waals surface area (Å²) in [5.74, 6) is -0.278. The van der Waals surface area contributed by atoms with Crippen LogP contribution in [-0.4, -0.2) is 10.9 Å². The third-order valence-electron chi connectivity index (χ3n) is 6.13. The maximum Gasteiger partial charge on any atom is 0.343 e. The minimum Gasteiger partial charge on any atom is -0.489 e. The lowest BCUT2D eigenvalue weighted by Crippen LogP contribution is -2.21. The number of nitrogens with two attached hydrogens (primary N) is 1. The second-order valence-electron chi connectivity index (χ2n) is 8.67. The van der Waals surface area contributed by atoms with E-state index in [4.69, 9.17) is 19.9 Å². The van der Waals surface area contributed by atoms with Gasteiger partial charge in [0.25, 0.3) is 5.69 Å². The smallest absolute Gasteiger partial charge is 0.343 e. The van der Waals surface area contributed by atoms with Crippen LogP contribution >= 0.6 is 0 Å². The molecule has 2 N–H and O–H groups in total. The van der Waals surface area contributed by atoms with E-state index in [1.165, 1.54) is 24.3 Å². The molecule has 1 atom stereocenters. The van der Waals surface area contributed by atoms with Gasteiger partial charge < -0.3 is 19.9 Å². The van der Waals surface area contributed by atoms with Crippen molar-refractivity contribution in [3.05, 3.63) is 141 Å². The van der Waals surface area contributed by atoms with Gasteiger partial charge in [-0.2, -0.15) is 5.26 Å². The van der Waals surface area contributed by atoms with Gasteiger partial charge in [-0.15, -0.1) is 0 Å². The van der Waals surface area contributed by atoms with Crippen LogP contribution in [0.2, 0.25) is 0 Å². The molecule has 1 heterocycles. The predicted molar refractivity (Wildman–Crippen MR) is 141 cm³/mol. The molecule has 0 bridgehead atoms. The maximum absolute atomic E-state index is 12.6. The number of non-ortho nitro benzene ring substituents is 1. The van der Waals surface area contributed by atoms with Crippen LogP contribution in [0, 0.1) is 21.4 Å². The first kappa shape index (κ1) is 25.0. The van der Waals surface area contributed by atoms with Crippen LogP contribution in [0.3, 0.4) is 0 Å². The number of nitro benzene ring substituents is 1. The van der Waals surface area contributed by atoms with Crippen molar-refractivity contribution in [2.75, 3.05) is 0 Å². The third kappa shape index (κ3) is 5.40. The number of ether oxygens (including phenoxy) is 3. The fourth-order valence-corrected chi connectivity index (χ4v) is 4.28. The molecule has 1 unspecified atom stereocenters. The van der Waals surface area contributed by atoms with E-state index in [0.29, 0.717) is 23.7 Å². The van der Waals surface area contributed by atoms with Gasteiger partial charge in [-0.05, 0) is 35.4 Å². The molecule has 0 fully saturated rings. The van der Waals surface area contributed by atoms with Crippen molar-refractivity contribution in [1.29, 1.82) is 5.26 Å². The zero-order valence-electron chi connectivity index (χ0n) is 20.4. The molecule has 0 spiro atoms. The predicted octanol–water partition coefficient (Wildman–Crippen LogP) is 5.61. The van der Waals surface area contributed by atoms with Crippen LogP contribution in [0.15, 0.2) is 109 Å². The molecule has 4 aromatic rings. The maximum atomic E-state index is 12.6. The summed E-state index contributed by atoms with van der Waals surface area (Å²) in [6.07, 6.45) is 0. The third-order valence-corrected chi connectivity index (χ3v) is 6.13. The number of allylic oxidation sites excluding steroid dienone is 1. The second-order valence-corrected chi connectivity index (χ2v) is 8.67. The highest BCUT2D eigenvalue weighted by Gasteiger charge is 2.31. The summed E-state index contributed by atoms with van der Waals surface area (Å²) in [4.78, 5) is 23.1. The van der Waals surface area contributed by atoms with Crippen molar-refractivity contribution in [3.63, 3.8) is 0 Å². The molecule has 4 aromatic carbocycles. The summed E-state index contributed by atoms with van der Waals surface area (Å²) in [7, 11) is 0. The number of esters is 1. The molecule has 0 radical (unpaired) electrons. The van der Waals surface area contributed by atoms with Crippen molar-refractivity contribution in [3.8, 4) is 23.3 Å². The Bertz CT molecular complexity index is 1640. The number of nitriles is 1. The number of nitro groups is 1. The van der Waals surface area contributed by atoms with E-state index in [1.807, 2.05) is 54.6 Å². The van der Waals surface area contributed by atoms with Gasteiger partial charge >= 0.3 is 5.97 Å². The molecule has 0 saturated heterocycles. The Balaban J connectivity index is 1.42.